The van der Waals surface area contributed by atoms with Gasteiger partial charge in [0.15, 0.2) is 0 Å². The van der Waals surface area contributed by atoms with Crippen LogP contribution < -0.4 is 0 Å². The molecule has 0 bridgehead atoms. The maximum atomic E-state index is 4.53. The van der Waals surface area contributed by atoms with Crippen LogP contribution in [0.5, 0.6) is 0 Å². The van der Waals surface area contributed by atoms with E-state index in [9.17, 15) is 0 Å². The van der Waals surface area contributed by atoms with E-state index in [1.54, 1.807) is 0 Å². The third-order valence-corrected chi connectivity index (χ3v) is 4.43. The van der Waals surface area contributed by atoms with Gasteiger partial charge in [-0.15, -0.1) is 11.3 Å². The molecule has 0 aromatic carbocycles. The van der Waals surface area contributed by atoms with Crippen LogP contribution in [0.15, 0.2) is 22.1 Å². The third kappa shape index (κ3) is 2.32. The molecule has 0 aliphatic heterocycles. The third-order valence-electron chi connectivity index (χ3n) is 2.50. The lowest BCUT2D eigenvalue weighted by Gasteiger charge is -1.97. The van der Waals surface area contributed by atoms with E-state index in [0.717, 1.165) is 29.0 Å². The highest BCUT2D eigenvalue weighted by Gasteiger charge is 2.09. The number of halogens is 1. The van der Waals surface area contributed by atoms with Crippen molar-refractivity contribution in [3.8, 4) is 0 Å². The second-order valence-corrected chi connectivity index (χ2v) is 5.32. The maximum Gasteiger partial charge on any atom is 0.108 e. The molecule has 0 unspecified atom stereocenters. The number of hydrogen-bond donors (Lipinski definition) is 0. The van der Waals surface area contributed by atoms with Crippen LogP contribution in [-0.4, -0.2) is 9.55 Å². The zero-order valence-electron chi connectivity index (χ0n) is 8.83. The number of aromatic nitrogens is 2. The molecule has 0 aliphatic carbocycles. The summed E-state index contributed by atoms with van der Waals surface area (Å²) in [7, 11) is 2.03. The number of hydrogen-bond acceptors (Lipinski definition) is 2. The lowest BCUT2D eigenvalue weighted by Crippen LogP contribution is -1.92. The van der Waals surface area contributed by atoms with Gasteiger partial charge in [0.05, 0.1) is 5.69 Å². The first-order valence-electron chi connectivity index (χ1n) is 4.88. The van der Waals surface area contributed by atoms with Crippen molar-refractivity contribution in [3.05, 3.63) is 38.5 Å². The van der Waals surface area contributed by atoms with E-state index in [1.807, 2.05) is 25.3 Å². The van der Waals surface area contributed by atoms with E-state index in [4.69, 9.17) is 0 Å². The first kappa shape index (κ1) is 10.9. The zero-order chi connectivity index (χ0) is 10.8. The summed E-state index contributed by atoms with van der Waals surface area (Å²) in [5, 5.41) is 2.12. The normalized spacial score (nSPS) is 10.9. The number of nitrogens with zero attached hydrogens (tertiary/aromatic N) is 2. The fourth-order valence-corrected chi connectivity index (χ4v) is 2.76. The highest BCUT2D eigenvalue weighted by molar-refractivity contribution is 9.10. The van der Waals surface area contributed by atoms with Crippen LogP contribution in [0.4, 0.5) is 0 Å². The fraction of sp³-hybridized carbons (Fsp3) is 0.364. The van der Waals surface area contributed by atoms with Crippen LogP contribution in [0.3, 0.4) is 0 Å². The van der Waals surface area contributed by atoms with Crippen LogP contribution in [0.25, 0.3) is 0 Å². The summed E-state index contributed by atoms with van der Waals surface area (Å²) >= 11 is 5.38. The van der Waals surface area contributed by atoms with Crippen LogP contribution in [0, 0.1) is 6.92 Å². The van der Waals surface area contributed by atoms with Crippen LogP contribution in [-0.2, 0) is 19.9 Å². The molecule has 0 aliphatic rings. The molecule has 2 aromatic rings. The maximum absolute atomic E-state index is 4.53. The Morgan fingerprint density at radius 3 is 2.80 bits per heavy atom. The van der Waals surface area contributed by atoms with Gasteiger partial charge < -0.3 is 4.57 Å². The highest BCUT2D eigenvalue weighted by atomic mass is 79.9. The molecule has 2 heterocycles. The van der Waals surface area contributed by atoms with Gasteiger partial charge in [0.2, 0.25) is 0 Å². The molecule has 0 fully saturated rings. The highest BCUT2D eigenvalue weighted by Crippen LogP contribution is 2.20. The molecular weight excluding hydrogens is 272 g/mol. The van der Waals surface area contributed by atoms with Crippen molar-refractivity contribution >= 4 is 27.3 Å². The second-order valence-electron chi connectivity index (χ2n) is 3.53. The lowest BCUT2D eigenvalue weighted by atomic mass is 10.2. The minimum Gasteiger partial charge on any atom is -0.326 e. The summed E-state index contributed by atoms with van der Waals surface area (Å²) < 4.78 is 3.18. The lowest BCUT2D eigenvalue weighted by molar-refractivity contribution is 0.838. The van der Waals surface area contributed by atoms with Crippen LogP contribution in [0.1, 0.15) is 16.4 Å². The van der Waals surface area contributed by atoms with Crippen LogP contribution in [0.2, 0.25) is 0 Å². The SMILES string of the molecule is Cc1nc(CCc2cccs2)c(Br)n1C. The molecule has 4 heteroatoms. The number of thiophene rings is 1. The molecule has 2 nitrogen and oxygen atoms in total. The van der Waals surface area contributed by atoms with Crippen LogP contribution >= 0.6 is 27.3 Å². The smallest absolute Gasteiger partial charge is 0.108 e. The van der Waals surface area contributed by atoms with Crippen molar-refractivity contribution in [2.24, 2.45) is 7.05 Å². The van der Waals surface area contributed by atoms with Crippen molar-refractivity contribution in [1.82, 2.24) is 9.55 Å². The molecule has 2 rings (SSSR count). The summed E-state index contributed by atoms with van der Waals surface area (Å²) in [6.45, 7) is 2.03. The van der Waals surface area contributed by atoms with Gasteiger partial charge >= 0.3 is 0 Å². The zero-order valence-corrected chi connectivity index (χ0v) is 11.2. The van der Waals surface area contributed by atoms with Crippen molar-refractivity contribution < 1.29 is 0 Å². The van der Waals surface area contributed by atoms with Gasteiger partial charge in [-0.2, -0.15) is 0 Å². The first-order valence-corrected chi connectivity index (χ1v) is 6.56. The van der Waals surface area contributed by atoms with Crippen molar-refractivity contribution in [2.45, 2.75) is 19.8 Å². The Bertz CT molecular complexity index is 445. The Hall–Kier alpha value is -0.610. The predicted molar refractivity (Wildman–Crippen MR) is 67.4 cm³/mol. The molecule has 2 aromatic heterocycles. The Morgan fingerprint density at radius 1 is 1.47 bits per heavy atom. The van der Waals surface area contributed by atoms with Gasteiger partial charge in [-0.05, 0) is 47.1 Å². The summed E-state index contributed by atoms with van der Waals surface area (Å²) in [6.07, 6.45) is 2.08. The summed E-state index contributed by atoms with van der Waals surface area (Å²) in [4.78, 5) is 5.95. The van der Waals surface area contributed by atoms with Gasteiger partial charge in [-0.25, -0.2) is 4.98 Å². The quantitative estimate of drug-likeness (QED) is 0.845. The van der Waals surface area contributed by atoms with E-state index in [2.05, 4.69) is 43.0 Å². The molecule has 0 amide bonds. The Labute approximate surface area is 102 Å². The molecule has 0 saturated carbocycles. The average Bonchev–Trinajstić information content (AvgIpc) is 2.80. The summed E-state index contributed by atoms with van der Waals surface area (Å²) in [5.41, 5.74) is 1.16. The van der Waals surface area contributed by atoms with E-state index >= 15 is 0 Å². The standard InChI is InChI=1S/C11H13BrN2S/c1-8-13-10(11(12)14(8)2)6-5-9-4-3-7-15-9/h3-4,7H,5-6H2,1-2H3. The van der Waals surface area contributed by atoms with E-state index in [0.29, 0.717) is 0 Å². The summed E-state index contributed by atoms with van der Waals surface area (Å²) in [5.74, 6) is 1.06. The number of aryl methyl sites for hydroxylation is 3. The Balaban J connectivity index is 2.08. The topological polar surface area (TPSA) is 17.8 Å². The minimum absolute atomic E-state index is 1.00. The molecule has 0 radical (unpaired) electrons. The van der Waals surface area contributed by atoms with Gasteiger partial charge in [-0.3, -0.25) is 0 Å². The number of rotatable bonds is 3. The molecule has 80 valence electrons. The molecule has 0 saturated heterocycles. The van der Waals surface area contributed by atoms with Crippen molar-refractivity contribution in [2.75, 3.05) is 0 Å². The number of imidazole rings is 1. The van der Waals surface area contributed by atoms with Crippen molar-refractivity contribution in [1.29, 1.82) is 0 Å². The second kappa shape index (κ2) is 4.49. The molecule has 15 heavy (non-hydrogen) atoms. The van der Waals surface area contributed by atoms with Gasteiger partial charge in [0.1, 0.15) is 10.4 Å². The molecule has 0 atom stereocenters. The molecule has 0 spiro atoms. The minimum atomic E-state index is 1.00. The summed E-state index contributed by atoms with van der Waals surface area (Å²) in [6, 6.07) is 4.27. The van der Waals surface area contributed by atoms with E-state index in [-0.39, 0.29) is 0 Å². The fourth-order valence-electron chi connectivity index (χ4n) is 1.51. The monoisotopic (exact) mass is 284 g/mol. The van der Waals surface area contributed by atoms with Gasteiger partial charge in [0, 0.05) is 11.9 Å². The Kier molecular flexibility index (Phi) is 3.26. The molecular formula is C11H13BrN2S. The largest absolute Gasteiger partial charge is 0.326 e. The predicted octanol–water partition coefficient (Wildman–Crippen LogP) is 3.34. The van der Waals surface area contributed by atoms with Gasteiger partial charge in [0.25, 0.3) is 0 Å². The average molecular weight is 285 g/mol. The Morgan fingerprint density at radius 2 is 2.27 bits per heavy atom. The molecule has 0 N–H and O–H groups in total. The van der Waals surface area contributed by atoms with E-state index in [1.165, 1.54) is 4.88 Å². The van der Waals surface area contributed by atoms with E-state index < -0.39 is 0 Å². The van der Waals surface area contributed by atoms with Gasteiger partial charge in [-0.1, -0.05) is 6.07 Å². The van der Waals surface area contributed by atoms with Crippen molar-refractivity contribution in [3.63, 3.8) is 0 Å². The first-order chi connectivity index (χ1) is 7.18.